The Bertz CT molecular complexity index is 430. The quantitative estimate of drug-likeness (QED) is 0.807. The minimum Gasteiger partial charge on any atom is -0.375 e. The molecule has 1 heterocycles. The fraction of sp³-hybridized carbons (Fsp3) is 0.500. The van der Waals surface area contributed by atoms with Crippen LogP contribution in [0, 0.1) is 6.92 Å². The molecular weight excluding hydrogens is 240 g/mol. The number of aromatic nitrogens is 1. The van der Waals surface area contributed by atoms with Crippen molar-refractivity contribution in [2.75, 3.05) is 25.9 Å². The molecule has 0 saturated carbocycles. The van der Waals surface area contributed by atoms with Gasteiger partial charge in [-0.2, -0.15) is 0 Å². The average molecular weight is 256 g/mol. The molecule has 0 bridgehead atoms. The maximum absolute atomic E-state index is 12.0. The van der Waals surface area contributed by atoms with E-state index >= 15 is 0 Å². The topological polar surface area (TPSA) is 88.3 Å². The highest BCUT2D eigenvalue weighted by atomic mass is 32.1. The maximum Gasteiger partial charge on any atom is 0.266 e. The number of nitrogens with one attached hydrogen (secondary N) is 1. The number of nitrogens with two attached hydrogens (primary N) is 1. The Morgan fingerprint density at radius 1 is 1.53 bits per heavy atom. The van der Waals surface area contributed by atoms with Crippen molar-refractivity contribution >= 4 is 28.3 Å². The highest BCUT2D eigenvalue weighted by Crippen LogP contribution is 2.20. The molecule has 0 atom stereocenters. The monoisotopic (exact) mass is 256 g/mol. The summed E-state index contributed by atoms with van der Waals surface area (Å²) in [5.41, 5.74) is 6.12. The Balaban J connectivity index is 2.70. The van der Waals surface area contributed by atoms with E-state index in [1.807, 2.05) is 6.92 Å². The van der Waals surface area contributed by atoms with Gasteiger partial charge in [0.25, 0.3) is 5.91 Å². The van der Waals surface area contributed by atoms with Crippen LogP contribution in [0.3, 0.4) is 0 Å². The van der Waals surface area contributed by atoms with Gasteiger partial charge in [0.1, 0.15) is 4.88 Å². The number of amides is 2. The number of thiazole rings is 1. The largest absolute Gasteiger partial charge is 0.375 e. The number of hydrogen-bond acceptors (Lipinski definition) is 5. The summed E-state index contributed by atoms with van der Waals surface area (Å²) in [5.74, 6) is -0.415. The van der Waals surface area contributed by atoms with Gasteiger partial charge in [0, 0.05) is 13.6 Å². The second-order valence-electron chi connectivity index (χ2n) is 3.58. The number of nitrogens with zero attached hydrogens (tertiary/aromatic N) is 2. The Labute approximate surface area is 104 Å². The predicted octanol–water partition coefficient (Wildman–Crippen LogP) is 0.242. The number of carbonyl (C=O) groups is 2. The Kier molecular flexibility index (Phi) is 4.45. The number of hydrogen-bond donors (Lipinski definition) is 2. The molecule has 17 heavy (non-hydrogen) atoms. The van der Waals surface area contributed by atoms with Crippen molar-refractivity contribution in [1.29, 1.82) is 0 Å². The minimum absolute atomic E-state index is 0.0317. The molecule has 7 heteroatoms. The number of rotatable bonds is 4. The average Bonchev–Trinajstić information content (AvgIpc) is 2.56. The summed E-state index contributed by atoms with van der Waals surface area (Å²) < 4.78 is 0. The molecule has 1 aromatic rings. The van der Waals surface area contributed by atoms with Crippen LogP contribution in [0.1, 0.15) is 22.3 Å². The third kappa shape index (κ3) is 3.42. The second kappa shape index (κ2) is 5.62. The van der Waals surface area contributed by atoms with Crippen molar-refractivity contribution in [2.45, 2.75) is 13.8 Å². The summed E-state index contributed by atoms with van der Waals surface area (Å²) in [6, 6.07) is 0. The molecule has 6 nitrogen and oxygen atoms in total. The van der Waals surface area contributed by atoms with Gasteiger partial charge in [-0.25, -0.2) is 4.98 Å². The third-order valence-electron chi connectivity index (χ3n) is 2.11. The van der Waals surface area contributed by atoms with E-state index in [0.29, 0.717) is 22.2 Å². The molecule has 0 radical (unpaired) electrons. The van der Waals surface area contributed by atoms with Crippen molar-refractivity contribution in [3.05, 3.63) is 10.6 Å². The first-order valence-electron chi connectivity index (χ1n) is 5.20. The molecule has 0 aliphatic heterocycles. The number of aryl methyl sites for hydroxylation is 1. The first kappa shape index (κ1) is 13.4. The van der Waals surface area contributed by atoms with E-state index in [4.69, 9.17) is 5.73 Å². The Morgan fingerprint density at radius 2 is 2.18 bits per heavy atom. The molecule has 1 aromatic heterocycles. The van der Waals surface area contributed by atoms with E-state index in [1.165, 1.54) is 4.90 Å². The van der Waals surface area contributed by atoms with Crippen molar-refractivity contribution in [2.24, 2.45) is 0 Å². The number of anilines is 1. The van der Waals surface area contributed by atoms with Gasteiger partial charge in [0.05, 0.1) is 12.2 Å². The first-order valence-corrected chi connectivity index (χ1v) is 6.02. The van der Waals surface area contributed by atoms with E-state index in [0.717, 1.165) is 11.3 Å². The van der Waals surface area contributed by atoms with Crippen LogP contribution in [0.4, 0.5) is 5.13 Å². The molecule has 0 spiro atoms. The Hall–Kier alpha value is -1.63. The van der Waals surface area contributed by atoms with Gasteiger partial charge >= 0.3 is 0 Å². The van der Waals surface area contributed by atoms with E-state index in [-0.39, 0.29) is 18.4 Å². The van der Waals surface area contributed by atoms with Gasteiger partial charge in [0.2, 0.25) is 5.91 Å². The molecule has 0 aliphatic rings. The molecule has 0 aliphatic carbocycles. The summed E-state index contributed by atoms with van der Waals surface area (Å²) in [4.78, 5) is 29.1. The van der Waals surface area contributed by atoms with Crippen LogP contribution >= 0.6 is 11.3 Å². The number of carbonyl (C=O) groups excluding carboxylic acids is 2. The van der Waals surface area contributed by atoms with Crippen LogP contribution in [0.25, 0.3) is 0 Å². The maximum atomic E-state index is 12.0. The number of likely N-dealkylation sites (N-methyl/N-ethyl adjacent to an activating group) is 2. The zero-order valence-electron chi connectivity index (χ0n) is 10.1. The van der Waals surface area contributed by atoms with Crippen LogP contribution in [-0.4, -0.2) is 41.8 Å². The van der Waals surface area contributed by atoms with Crippen LogP contribution in [0.2, 0.25) is 0 Å². The van der Waals surface area contributed by atoms with Gasteiger partial charge in [-0.1, -0.05) is 11.3 Å². The molecule has 0 saturated heterocycles. The third-order valence-corrected chi connectivity index (χ3v) is 3.08. The van der Waals surface area contributed by atoms with Crippen molar-refractivity contribution < 1.29 is 9.59 Å². The lowest BCUT2D eigenvalue weighted by Crippen LogP contribution is -2.38. The summed E-state index contributed by atoms with van der Waals surface area (Å²) in [6.07, 6.45) is 0. The molecule has 1 rings (SSSR count). The van der Waals surface area contributed by atoms with E-state index in [1.54, 1.807) is 14.0 Å². The van der Waals surface area contributed by atoms with E-state index in [2.05, 4.69) is 10.3 Å². The number of nitrogen functional groups attached to an aromatic ring is 1. The fourth-order valence-corrected chi connectivity index (χ4v) is 2.16. The highest BCUT2D eigenvalue weighted by molar-refractivity contribution is 7.17. The van der Waals surface area contributed by atoms with Crippen molar-refractivity contribution in [1.82, 2.24) is 15.2 Å². The van der Waals surface area contributed by atoms with Gasteiger partial charge in [-0.3, -0.25) is 9.59 Å². The smallest absolute Gasteiger partial charge is 0.266 e. The SMILES string of the molecule is CCNC(=O)CN(C)C(=O)c1sc(N)nc1C. The standard InChI is InChI=1S/C10H16N4O2S/c1-4-12-7(15)5-14(3)9(16)8-6(2)13-10(11)17-8/h4-5H2,1-3H3,(H2,11,13)(H,12,15). The minimum atomic E-state index is -0.233. The van der Waals surface area contributed by atoms with Gasteiger partial charge in [0.15, 0.2) is 5.13 Å². The first-order chi connectivity index (χ1) is 7.95. The lowest BCUT2D eigenvalue weighted by atomic mass is 10.3. The molecule has 0 unspecified atom stereocenters. The molecule has 3 N–H and O–H groups in total. The Morgan fingerprint density at radius 3 is 2.65 bits per heavy atom. The van der Waals surface area contributed by atoms with E-state index in [9.17, 15) is 9.59 Å². The second-order valence-corrected chi connectivity index (χ2v) is 4.61. The zero-order chi connectivity index (χ0) is 13.0. The van der Waals surface area contributed by atoms with Crippen molar-refractivity contribution in [3.8, 4) is 0 Å². The van der Waals surface area contributed by atoms with Gasteiger partial charge in [-0.15, -0.1) is 0 Å². The normalized spacial score (nSPS) is 10.1. The fourth-order valence-electron chi connectivity index (χ4n) is 1.33. The van der Waals surface area contributed by atoms with Gasteiger partial charge < -0.3 is 16.0 Å². The lowest BCUT2D eigenvalue weighted by molar-refractivity contribution is -0.121. The predicted molar refractivity (Wildman–Crippen MR) is 66.9 cm³/mol. The zero-order valence-corrected chi connectivity index (χ0v) is 10.9. The summed E-state index contributed by atoms with van der Waals surface area (Å²) >= 11 is 1.13. The highest BCUT2D eigenvalue weighted by Gasteiger charge is 2.19. The van der Waals surface area contributed by atoms with Crippen molar-refractivity contribution in [3.63, 3.8) is 0 Å². The van der Waals surface area contributed by atoms with Gasteiger partial charge in [-0.05, 0) is 13.8 Å². The van der Waals surface area contributed by atoms with Crippen LogP contribution < -0.4 is 11.1 Å². The molecule has 0 fully saturated rings. The van der Waals surface area contributed by atoms with E-state index < -0.39 is 0 Å². The summed E-state index contributed by atoms with van der Waals surface area (Å²) in [5, 5.41) is 2.99. The molecule has 0 aromatic carbocycles. The molecule has 94 valence electrons. The lowest BCUT2D eigenvalue weighted by Gasteiger charge is -2.15. The summed E-state index contributed by atoms with van der Waals surface area (Å²) in [6.45, 7) is 4.13. The molecular formula is C10H16N4O2S. The summed E-state index contributed by atoms with van der Waals surface area (Å²) in [7, 11) is 1.58. The van der Waals surface area contributed by atoms with Crippen LogP contribution in [0.5, 0.6) is 0 Å². The van der Waals surface area contributed by atoms with Crippen LogP contribution in [0.15, 0.2) is 0 Å². The molecule has 2 amide bonds. The van der Waals surface area contributed by atoms with Crippen LogP contribution in [-0.2, 0) is 4.79 Å².